The second-order valence-electron chi connectivity index (χ2n) is 7.00. The van der Waals surface area contributed by atoms with Crippen molar-refractivity contribution in [2.75, 3.05) is 13.1 Å². The van der Waals surface area contributed by atoms with E-state index < -0.39 is 5.56 Å². The number of nitrogens with zero attached hydrogens (tertiary/aromatic N) is 4. The lowest BCUT2D eigenvalue weighted by atomic mass is 10.1. The topological polar surface area (TPSA) is 87.7 Å². The fourth-order valence-electron chi connectivity index (χ4n) is 3.44. The molecule has 1 amide bonds. The van der Waals surface area contributed by atoms with E-state index in [2.05, 4.69) is 4.98 Å². The Hall–Kier alpha value is -3.92. The first kappa shape index (κ1) is 19.4. The van der Waals surface area contributed by atoms with Crippen molar-refractivity contribution in [2.45, 2.75) is 19.3 Å². The Morgan fingerprint density at radius 1 is 1.07 bits per heavy atom. The number of hydrogen-bond acceptors (Lipinski definition) is 5. The lowest BCUT2D eigenvalue weighted by Crippen LogP contribution is -2.36. The second kappa shape index (κ2) is 8.62. The van der Waals surface area contributed by atoms with Crippen molar-refractivity contribution in [3.05, 3.63) is 76.2 Å². The summed E-state index contributed by atoms with van der Waals surface area (Å²) in [6, 6.07) is 16.1. The fraction of sp³-hybridized carbons (Fsp3) is 0.217. The van der Waals surface area contributed by atoms with Crippen molar-refractivity contribution in [3.63, 3.8) is 0 Å². The highest BCUT2D eigenvalue weighted by molar-refractivity contribution is 6.02. The number of rotatable bonds is 4. The summed E-state index contributed by atoms with van der Waals surface area (Å²) in [7, 11) is 0. The molecule has 3 heterocycles. The standard InChI is InChI=1S/C23H20N4O3/c24-16-17(22(28)26-12-6-2-7-13-26)15-19-21(30-18-9-3-1-4-10-18)25-20-11-5-8-14-27(20)23(19)29/h1,3-5,8-11,14-15H,2,6-7,12-13H2. The van der Waals surface area contributed by atoms with Crippen LogP contribution in [-0.2, 0) is 4.79 Å². The molecule has 0 radical (unpaired) electrons. The van der Waals surface area contributed by atoms with Crippen LogP contribution in [0.15, 0.2) is 65.1 Å². The normalized spacial score (nSPS) is 14.4. The highest BCUT2D eigenvalue weighted by Crippen LogP contribution is 2.24. The van der Waals surface area contributed by atoms with Crippen LogP contribution in [-0.4, -0.2) is 33.3 Å². The predicted octanol–water partition coefficient (Wildman–Crippen LogP) is 3.41. The first-order valence-corrected chi connectivity index (χ1v) is 9.83. The lowest BCUT2D eigenvalue weighted by molar-refractivity contribution is -0.127. The van der Waals surface area contributed by atoms with Crippen LogP contribution >= 0.6 is 0 Å². The van der Waals surface area contributed by atoms with E-state index in [-0.39, 0.29) is 22.9 Å². The molecule has 0 unspecified atom stereocenters. The molecule has 3 aromatic rings. The average molecular weight is 400 g/mol. The summed E-state index contributed by atoms with van der Waals surface area (Å²) in [4.78, 5) is 32.1. The molecular formula is C23H20N4O3. The number of carbonyl (C=O) groups excluding carboxylic acids is 1. The van der Waals surface area contributed by atoms with Gasteiger partial charge in [0.15, 0.2) is 0 Å². The van der Waals surface area contributed by atoms with Gasteiger partial charge in [-0.1, -0.05) is 24.3 Å². The molecule has 0 atom stereocenters. The zero-order chi connectivity index (χ0) is 20.9. The van der Waals surface area contributed by atoms with E-state index >= 15 is 0 Å². The minimum atomic E-state index is -0.411. The number of nitriles is 1. The Kier molecular flexibility index (Phi) is 5.57. The maximum Gasteiger partial charge on any atom is 0.269 e. The molecule has 1 saturated heterocycles. The number of pyridine rings is 1. The molecule has 0 aliphatic carbocycles. The van der Waals surface area contributed by atoms with E-state index in [1.54, 1.807) is 53.6 Å². The molecule has 1 fully saturated rings. The second-order valence-corrected chi connectivity index (χ2v) is 7.00. The van der Waals surface area contributed by atoms with Gasteiger partial charge in [0.1, 0.15) is 28.6 Å². The van der Waals surface area contributed by atoms with Gasteiger partial charge >= 0.3 is 0 Å². The van der Waals surface area contributed by atoms with Gasteiger partial charge in [-0.2, -0.15) is 10.2 Å². The molecule has 0 N–H and O–H groups in total. The summed E-state index contributed by atoms with van der Waals surface area (Å²) in [6.45, 7) is 1.22. The lowest BCUT2D eigenvalue weighted by Gasteiger charge is -2.26. The Bertz CT molecular complexity index is 1200. The Morgan fingerprint density at radius 3 is 2.53 bits per heavy atom. The SMILES string of the molecule is N#CC(=Cc1c(Oc2ccccc2)nc2ccccn2c1=O)C(=O)N1CCCCC1. The molecule has 7 nitrogen and oxygen atoms in total. The summed E-state index contributed by atoms with van der Waals surface area (Å²) in [5, 5.41) is 9.64. The zero-order valence-electron chi connectivity index (χ0n) is 16.3. The van der Waals surface area contributed by atoms with Crippen LogP contribution in [0, 0.1) is 11.3 Å². The summed E-state index contributed by atoms with van der Waals surface area (Å²) < 4.78 is 7.23. The van der Waals surface area contributed by atoms with Crippen LogP contribution in [0.3, 0.4) is 0 Å². The monoisotopic (exact) mass is 400 g/mol. The number of ether oxygens (including phenoxy) is 1. The number of fused-ring (bicyclic) bond motifs is 1. The van der Waals surface area contributed by atoms with E-state index in [0.29, 0.717) is 24.5 Å². The van der Waals surface area contributed by atoms with Crippen LogP contribution in [0.2, 0.25) is 0 Å². The van der Waals surface area contributed by atoms with E-state index in [0.717, 1.165) is 19.3 Å². The minimum absolute atomic E-state index is 0.0524. The van der Waals surface area contributed by atoms with Crippen molar-refractivity contribution in [2.24, 2.45) is 0 Å². The average Bonchev–Trinajstić information content (AvgIpc) is 2.80. The third kappa shape index (κ3) is 3.94. The van der Waals surface area contributed by atoms with Gasteiger partial charge in [0.25, 0.3) is 11.5 Å². The number of piperidine rings is 1. The van der Waals surface area contributed by atoms with Gasteiger partial charge in [0, 0.05) is 19.3 Å². The van der Waals surface area contributed by atoms with Gasteiger partial charge < -0.3 is 9.64 Å². The number of aromatic nitrogens is 2. The zero-order valence-corrected chi connectivity index (χ0v) is 16.3. The van der Waals surface area contributed by atoms with Crippen LogP contribution in [0.25, 0.3) is 11.7 Å². The third-order valence-corrected chi connectivity index (χ3v) is 4.97. The van der Waals surface area contributed by atoms with Crippen molar-refractivity contribution in [1.82, 2.24) is 14.3 Å². The number of para-hydroxylation sites is 1. The molecular weight excluding hydrogens is 380 g/mol. The molecule has 1 aliphatic heterocycles. The highest BCUT2D eigenvalue weighted by atomic mass is 16.5. The van der Waals surface area contributed by atoms with Crippen molar-refractivity contribution < 1.29 is 9.53 Å². The number of likely N-dealkylation sites (tertiary alicyclic amines) is 1. The quantitative estimate of drug-likeness (QED) is 0.495. The molecule has 4 rings (SSSR count). The Balaban J connectivity index is 1.83. The van der Waals surface area contributed by atoms with Crippen molar-refractivity contribution in [1.29, 1.82) is 5.26 Å². The first-order valence-electron chi connectivity index (χ1n) is 9.83. The molecule has 1 aromatic carbocycles. The molecule has 7 heteroatoms. The van der Waals surface area contributed by atoms with E-state index in [1.165, 1.54) is 10.5 Å². The van der Waals surface area contributed by atoms with E-state index in [4.69, 9.17) is 4.74 Å². The van der Waals surface area contributed by atoms with Crippen LogP contribution < -0.4 is 10.3 Å². The number of amides is 1. The van der Waals surface area contributed by atoms with Crippen molar-refractivity contribution in [3.8, 4) is 17.7 Å². The van der Waals surface area contributed by atoms with Crippen LogP contribution in [0.5, 0.6) is 11.6 Å². The smallest absolute Gasteiger partial charge is 0.269 e. The first-order chi connectivity index (χ1) is 14.7. The van der Waals surface area contributed by atoms with Gasteiger partial charge in [-0.15, -0.1) is 0 Å². The molecule has 30 heavy (non-hydrogen) atoms. The molecule has 0 spiro atoms. The molecule has 0 bridgehead atoms. The summed E-state index contributed by atoms with van der Waals surface area (Å²) >= 11 is 0. The van der Waals surface area contributed by atoms with Crippen LogP contribution in [0.1, 0.15) is 24.8 Å². The van der Waals surface area contributed by atoms with Gasteiger partial charge in [-0.05, 0) is 49.6 Å². The fourth-order valence-corrected chi connectivity index (χ4v) is 3.44. The Labute approximate surface area is 173 Å². The number of carbonyl (C=O) groups is 1. The molecule has 0 saturated carbocycles. The van der Waals surface area contributed by atoms with E-state index in [9.17, 15) is 14.9 Å². The van der Waals surface area contributed by atoms with Crippen LogP contribution in [0.4, 0.5) is 0 Å². The maximum atomic E-state index is 13.2. The minimum Gasteiger partial charge on any atom is -0.438 e. The van der Waals surface area contributed by atoms with Gasteiger partial charge in [-0.3, -0.25) is 14.0 Å². The molecule has 1 aliphatic rings. The largest absolute Gasteiger partial charge is 0.438 e. The molecule has 2 aromatic heterocycles. The number of hydrogen-bond donors (Lipinski definition) is 0. The van der Waals surface area contributed by atoms with Gasteiger partial charge in [0.2, 0.25) is 5.88 Å². The number of benzene rings is 1. The van der Waals surface area contributed by atoms with Gasteiger partial charge in [0.05, 0.1) is 0 Å². The predicted molar refractivity (Wildman–Crippen MR) is 112 cm³/mol. The van der Waals surface area contributed by atoms with E-state index in [1.807, 2.05) is 12.1 Å². The Morgan fingerprint density at radius 2 is 1.80 bits per heavy atom. The summed E-state index contributed by atoms with van der Waals surface area (Å²) in [5.74, 6) is 0.178. The maximum absolute atomic E-state index is 13.2. The summed E-state index contributed by atoms with van der Waals surface area (Å²) in [6.07, 6.45) is 5.77. The molecule has 150 valence electrons. The van der Waals surface area contributed by atoms with Crippen molar-refractivity contribution >= 4 is 17.6 Å². The summed E-state index contributed by atoms with van der Waals surface area (Å²) in [5.41, 5.74) is -0.0498. The third-order valence-electron chi connectivity index (χ3n) is 4.97. The highest BCUT2D eigenvalue weighted by Gasteiger charge is 2.22. The van der Waals surface area contributed by atoms with Gasteiger partial charge in [-0.25, -0.2) is 0 Å².